The number of likely N-dealkylation sites (N-methyl/N-ethyl adjacent to an activating group) is 1. The van der Waals surface area contributed by atoms with E-state index in [1.54, 1.807) is 6.07 Å². The molecule has 0 amide bonds. The van der Waals surface area contributed by atoms with Gasteiger partial charge in [0.05, 0.1) is 10.5 Å². The first-order valence-corrected chi connectivity index (χ1v) is 7.61. The highest BCUT2D eigenvalue weighted by Gasteiger charge is 2.35. The van der Waals surface area contributed by atoms with Gasteiger partial charge in [0, 0.05) is 31.9 Å². The summed E-state index contributed by atoms with van der Waals surface area (Å²) in [4.78, 5) is 26.8. The number of hydrogen-bond acceptors (Lipinski definition) is 5. The summed E-state index contributed by atoms with van der Waals surface area (Å²) in [5, 5.41) is 20.9. The molecule has 0 radical (unpaired) electrons. The lowest BCUT2D eigenvalue weighted by atomic mass is 9.82. The number of nitro benzene ring substituents is 1. The molecular formula is C16H23N3O4. The van der Waals surface area contributed by atoms with Gasteiger partial charge >= 0.3 is 5.97 Å². The molecule has 1 saturated heterocycles. The van der Waals surface area contributed by atoms with Crippen molar-refractivity contribution in [3.8, 4) is 0 Å². The first kappa shape index (κ1) is 17.2. The topological polar surface area (TPSA) is 86.9 Å². The Bertz CT molecular complexity index is 629. The van der Waals surface area contributed by atoms with Crippen molar-refractivity contribution in [2.45, 2.75) is 26.2 Å². The van der Waals surface area contributed by atoms with Crippen LogP contribution in [-0.2, 0) is 5.41 Å². The quantitative estimate of drug-likeness (QED) is 0.679. The largest absolute Gasteiger partial charge is 0.477 e. The Morgan fingerprint density at radius 1 is 1.22 bits per heavy atom. The number of benzene rings is 1. The predicted molar refractivity (Wildman–Crippen MR) is 88.5 cm³/mol. The number of piperazine rings is 1. The van der Waals surface area contributed by atoms with Gasteiger partial charge in [0.15, 0.2) is 0 Å². The first-order chi connectivity index (χ1) is 10.6. The lowest BCUT2D eigenvalue weighted by Gasteiger charge is -2.37. The number of nitrogens with zero attached hydrogens (tertiary/aromatic N) is 3. The van der Waals surface area contributed by atoms with Crippen molar-refractivity contribution < 1.29 is 14.8 Å². The van der Waals surface area contributed by atoms with Crippen molar-refractivity contribution in [2.75, 3.05) is 38.1 Å². The normalized spacial score (nSPS) is 16.4. The Labute approximate surface area is 135 Å². The van der Waals surface area contributed by atoms with E-state index in [1.807, 2.05) is 27.8 Å². The summed E-state index contributed by atoms with van der Waals surface area (Å²) in [5.41, 5.74) is 0.181. The van der Waals surface area contributed by atoms with Crippen molar-refractivity contribution >= 4 is 17.3 Å². The van der Waals surface area contributed by atoms with E-state index in [2.05, 4.69) is 9.80 Å². The van der Waals surface area contributed by atoms with Crippen molar-refractivity contribution in [2.24, 2.45) is 0 Å². The highest BCUT2D eigenvalue weighted by atomic mass is 16.6. The molecule has 7 nitrogen and oxygen atoms in total. The molecule has 23 heavy (non-hydrogen) atoms. The molecule has 7 heteroatoms. The number of aromatic carboxylic acids is 1. The Morgan fingerprint density at radius 3 is 2.22 bits per heavy atom. The molecule has 1 fully saturated rings. The van der Waals surface area contributed by atoms with Crippen LogP contribution in [0.5, 0.6) is 0 Å². The zero-order valence-electron chi connectivity index (χ0n) is 14.0. The molecule has 1 aliphatic rings. The molecule has 0 aromatic heterocycles. The Hall–Kier alpha value is -2.15. The molecule has 0 bridgehead atoms. The molecule has 1 aliphatic heterocycles. The summed E-state index contributed by atoms with van der Waals surface area (Å²) in [7, 11) is 2.04. The molecule has 0 aliphatic carbocycles. The van der Waals surface area contributed by atoms with E-state index in [0.717, 1.165) is 31.9 Å². The van der Waals surface area contributed by atoms with Gasteiger partial charge in [0.25, 0.3) is 5.69 Å². The molecule has 1 aromatic rings. The second-order valence-corrected chi connectivity index (χ2v) is 6.96. The number of hydrogen-bond donors (Lipinski definition) is 1. The van der Waals surface area contributed by atoms with Crippen LogP contribution in [-0.4, -0.2) is 54.1 Å². The molecule has 0 atom stereocenters. The maximum absolute atomic E-state index is 11.6. The van der Waals surface area contributed by atoms with Crippen LogP contribution in [0, 0.1) is 10.1 Å². The van der Waals surface area contributed by atoms with Gasteiger partial charge in [-0.2, -0.15) is 0 Å². The van der Waals surface area contributed by atoms with Crippen molar-refractivity contribution in [1.29, 1.82) is 0 Å². The van der Waals surface area contributed by atoms with E-state index >= 15 is 0 Å². The molecule has 0 spiro atoms. The van der Waals surface area contributed by atoms with Crippen LogP contribution in [0.15, 0.2) is 12.1 Å². The standard InChI is InChI=1S/C16H23N3O4/c1-16(2,3)13-12(18-9-7-17(4)8-10-18)6-5-11(15(20)21)14(13)19(22)23/h5-6H,7-10H2,1-4H3,(H,20,21). The fourth-order valence-corrected chi connectivity index (χ4v) is 2.99. The van der Waals surface area contributed by atoms with Gasteiger partial charge in [-0.05, 0) is 24.6 Å². The minimum Gasteiger partial charge on any atom is -0.477 e. The molecule has 1 heterocycles. The average molecular weight is 321 g/mol. The SMILES string of the molecule is CN1CCN(c2ccc(C(=O)O)c([N+](=O)[O-])c2C(C)(C)C)CC1. The number of carboxylic acid groups (broad SMARTS) is 1. The maximum atomic E-state index is 11.6. The molecule has 2 rings (SSSR count). The average Bonchev–Trinajstić information content (AvgIpc) is 2.45. The zero-order chi connectivity index (χ0) is 17.4. The van der Waals surface area contributed by atoms with E-state index in [0.29, 0.717) is 5.56 Å². The summed E-state index contributed by atoms with van der Waals surface area (Å²) in [6.45, 7) is 8.91. The highest BCUT2D eigenvalue weighted by Crippen LogP contribution is 2.41. The van der Waals surface area contributed by atoms with Gasteiger partial charge in [-0.3, -0.25) is 10.1 Å². The third-order valence-electron chi connectivity index (χ3n) is 4.16. The van der Waals surface area contributed by atoms with Crippen LogP contribution in [0.25, 0.3) is 0 Å². The maximum Gasteiger partial charge on any atom is 0.342 e. The fourth-order valence-electron chi connectivity index (χ4n) is 2.99. The van der Waals surface area contributed by atoms with Crippen LogP contribution < -0.4 is 4.90 Å². The number of nitro groups is 1. The lowest BCUT2D eigenvalue weighted by Crippen LogP contribution is -2.45. The smallest absolute Gasteiger partial charge is 0.342 e. The summed E-state index contributed by atoms with van der Waals surface area (Å²) < 4.78 is 0. The van der Waals surface area contributed by atoms with E-state index in [9.17, 15) is 20.0 Å². The second-order valence-electron chi connectivity index (χ2n) is 6.96. The third-order valence-corrected chi connectivity index (χ3v) is 4.16. The van der Waals surface area contributed by atoms with E-state index in [-0.39, 0.29) is 11.3 Å². The van der Waals surface area contributed by atoms with Crippen LogP contribution in [0.3, 0.4) is 0 Å². The Balaban J connectivity index is 2.65. The lowest BCUT2D eigenvalue weighted by molar-refractivity contribution is -0.386. The fraction of sp³-hybridized carbons (Fsp3) is 0.562. The van der Waals surface area contributed by atoms with Gasteiger partial charge in [0.1, 0.15) is 5.56 Å². The minimum absolute atomic E-state index is 0.252. The minimum atomic E-state index is -1.27. The van der Waals surface area contributed by atoms with Crippen LogP contribution in [0.4, 0.5) is 11.4 Å². The van der Waals surface area contributed by atoms with Gasteiger partial charge in [-0.15, -0.1) is 0 Å². The van der Waals surface area contributed by atoms with Crippen LogP contribution in [0.2, 0.25) is 0 Å². The van der Waals surface area contributed by atoms with E-state index < -0.39 is 16.3 Å². The first-order valence-electron chi connectivity index (χ1n) is 7.61. The van der Waals surface area contributed by atoms with Gasteiger partial charge in [-0.1, -0.05) is 20.8 Å². The molecule has 0 unspecified atom stereocenters. The van der Waals surface area contributed by atoms with Crippen LogP contribution in [0.1, 0.15) is 36.7 Å². The Morgan fingerprint density at radius 2 is 1.78 bits per heavy atom. The summed E-state index contributed by atoms with van der Waals surface area (Å²) >= 11 is 0. The van der Waals surface area contributed by atoms with Crippen LogP contribution >= 0.6 is 0 Å². The second kappa shape index (κ2) is 6.16. The van der Waals surface area contributed by atoms with Crippen molar-refractivity contribution in [1.82, 2.24) is 4.90 Å². The highest BCUT2D eigenvalue weighted by molar-refractivity contribution is 5.94. The van der Waals surface area contributed by atoms with Gasteiger partial charge < -0.3 is 14.9 Å². The third kappa shape index (κ3) is 3.44. The van der Waals surface area contributed by atoms with Gasteiger partial charge in [0.2, 0.25) is 0 Å². The van der Waals surface area contributed by atoms with Gasteiger partial charge in [-0.25, -0.2) is 4.79 Å². The number of rotatable bonds is 3. The summed E-state index contributed by atoms with van der Waals surface area (Å²) in [6, 6.07) is 3.06. The molecule has 1 aromatic carbocycles. The molecule has 1 N–H and O–H groups in total. The zero-order valence-corrected chi connectivity index (χ0v) is 14.0. The molecule has 0 saturated carbocycles. The molecule has 126 valence electrons. The van der Waals surface area contributed by atoms with Crippen molar-refractivity contribution in [3.63, 3.8) is 0 Å². The number of carboxylic acids is 1. The predicted octanol–water partition coefficient (Wildman–Crippen LogP) is 2.34. The Kier molecular flexibility index (Phi) is 4.61. The van der Waals surface area contributed by atoms with E-state index in [1.165, 1.54) is 6.07 Å². The van der Waals surface area contributed by atoms with E-state index in [4.69, 9.17) is 0 Å². The monoisotopic (exact) mass is 321 g/mol. The summed E-state index contributed by atoms with van der Waals surface area (Å²) in [5.74, 6) is -1.27. The number of anilines is 1. The summed E-state index contributed by atoms with van der Waals surface area (Å²) in [6.07, 6.45) is 0. The number of carbonyl (C=O) groups is 1. The van der Waals surface area contributed by atoms with Crippen molar-refractivity contribution in [3.05, 3.63) is 33.4 Å². The molecular weight excluding hydrogens is 298 g/mol.